The number of thioether (sulfide) groups is 1. The second-order valence-corrected chi connectivity index (χ2v) is 10.9. The van der Waals surface area contributed by atoms with Gasteiger partial charge >= 0.3 is 5.97 Å². The summed E-state index contributed by atoms with van der Waals surface area (Å²) < 4.78 is 34.8. The zero-order valence-corrected chi connectivity index (χ0v) is 20.7. The molecule has 0 unspecified atom stereocenters. The molecule has 2 aromatic rings. The zero-order chi connectivity index (χ0) is 25.3. The molecule has 2 aliphatic heterocycles. The summed E-state index contributed by atoms with van der Waals surface area (Å²) in [5.41, 5.74) is 0.533. The van der Waals surface area contributed by atoms with Crippen LogP contribution in [0.4, 0.5) is 0 Å². The first-order valence-electron chi connectivity index (χ1n) is 10.0. The van der Waals surface area contributed by atoms with Crippen LogP contribution in [0.15, 0.2) is 58.1 Å². The maximum absolute atomic E-state index is 12.6. The van der Waals surface area contributed by atoms with Crippen molar-refractivity contribution in [2.45, 2.75) is 6.92 Å². The standard InChI is InChI=1S/C22H17ClN4O6S2/c1-3-35(30,31)22-26-27-18(24)14(19(28)25-21(27)34-22)10-12-8-9-16(17(11-12)32-2)33-20(29)13-6-4-5-7-15(13)23/h4-11,24H,3H2,1-2H3/b14-10-,24-18?. The van der Waals surface area contributed by atoms with Crippen LogP contribution in [0.1, 0.15) is 22.8 Å². The summed E-state index contributed by atoms with van der Waals surface area (Å²) in [5, 5.41) is 13.6. The highest BCUT2D eigenvalue weighted by Crippen LogP contribution is 2.33. The molecule has 0 radical (unpaired) electrons. The Morgan fingerprint density at radius 2 is 1.97 bits per heavy atom. The van der Waals surface area contributed by atoms with Crippen LogP contribution in [0.2, 0.25) is 5.02 Å². The van der Waals surface area contributed by atoms with Crippen LogP contribution < -0.4 is 9.47 Å². The summed E-state index contributed by atoms with van der Waals surface area (Å²) >= 11 is 6.78. The van der Waals surface area contributed by atoms with Crippen LogP contribution >= 0.6 is 23.4 Å². The number of halogens is 1. The molecule has 0 saturated heterocycles. The Balaban J connectivity index is 1.62. The first-order valence-corrected chi connectivity index (χ1v) is 12.9. The Bertz CT molecular complexity index is 1470. The molecule has 0 aromatic heterocycles. The largest absolute Gasteiger partial charge is 0.493 e. The third-order valence-electron chi connectivity index (χ3n) is 4.88. The highest BCUT2D eigenvalue weighted by molar-refractivity contribution is 8.42. The molecule has 2 aliphatic rings. The average molecular weight is 533 g/mol. The molecule has 0 spiro atoms. The molecule has 10 nitrogen and oxygen atoms in total. The van der Waals surface area contributed by atoms with E-state index in [9.17, 15) is 18.0 Å². The molecule has 2 heterocycles. The van der Waals surface area contributed by atoms with Gasteiger partial charge in [0.15, 0.2) is 17.3 Å². The number of esters is 1. The lowest BCUT2D eigenvalue weighted by atomic mass is 10.1. The number of hydrogen-bond acceptors (Lipinski definition) is 9. The van der Waals surface area contributed by atoms with Crippen molar-refractivity contribution in [3.8, 4) is 11.5 Å². The highest BCUT2D eigenvalue weighted by atomic mass is 35.5. The Kier molecular flexibility index (Phi) is 6.79. The van der Waals surface area contributed by atoms with Crippen molar-refractivity contribution < 1.29 is 27.5 Å². The van der Waals surface area contributed by atoms with E-state index in [4.69, 9.17) is 26.5 Å². The van der Waals surface area contributed by atoms with E-state index in [2.05, 4.69) is 10.1 Å². The van der Waals surface area contributed by atoms with Gasteiger partial charge < -0.3 is 9.47 Å². The number of amides is 1. The Labute approximate surface area is 209 Å². The van der Waals surface area contributed by atoms with Crippen LogP contribution in [-0.4, -0.2) is 53.5 Å². The summed E-state index contributed by atoms with van der Waals surface area (Å²) in [6, 6.07) is 11.0. The number of aliphatic imine (C=N–C) groups is 1. The van der Waals surface area contributed by atoms with Crippen molar-refractivity contribution in [3.63, 3.8) is 0 Å². The quantitative estimate of drug-likeness (QED) is 0.350. The molecular formula is C22H17ClN4O6S2. The van der Waals surface area contributed by atoms with Crippen LogP contribution in [0.5, 0.6) is 11.5 Å². The van der Waals surface area contributed by atoms with Gasteiger partial charge in [-0.3, -0.25) is 10.2 Å². The second kappa shape index (κ2) is 9.64. The number of sulfone groups is 1. The molecule has 35 heavy (non-hydrogen) atoms. The number of ether oxygens (including phenoxy) is 2. The van der Waals surface area contributed by atoms with E-state index < -0.39 is 21.7 Å². The van der Waals surface area contributed by atoms with E-state index >= 15 is 0 Å². The number of benzene rings is 2. The number of carbonyl (C=O) groups is 2. The fourth-order valence-electron chi connectivity index (χ4n) is 3.03. The second-order valence-electron chi connectivity index (χ2n) is 7.07. The predicted molar refractivity (Wildman–Crippen MR) is 134 cm³/mol. The predicted octanol–water partition coefficient (Wildman–Crippen LogP) is 3.58. The summed E-state index contributed by atoms with van der Waals surface area (Å²) in [7, 11) is -2.24. The van der Waals surface area contributed by atoms with Crippen molar-refractivity contribution in [1.82, 2.24) is 5.01 Å². The zero-order valence-electron chi connectivity index (χ0n) is 18.3. The first kappa shape index (κ1) is 24.6. The molecule has 0 saturated carbocycles. The number of methoxy groups -OCH3 is 1. The minimum atomic E-state index is -3.62. The van der Waals surface area contributed by atoms with Crippen LogP contribution in [-0.2, 0) is 14.6 Å². The van der Waals surface area contributed by atoms with Gasteiger partial charge in [0.2, 0.25) is 19.4 Å². The Morgan fingerprint density at radius 3 is 2.66 bits per heavy atom. The molecule has 0 fully saturated rings. The monoisotopic (exact) mass is 532 g/mol. The van der Waals surface area contributed by atoms with Crippen molar-refractivity contribution >= 4 is 66.5 Å². The van der Waals surface area contributed by atoms with E-state index in [1.165, 1.54) is 38.3 Å². The number of amidine groups is 2. The third kappa shape index (κ3) is 4.85. The number of hydrazone groups is 1. The summed E-state index contributed by atoms with van der Waals surface area (Å²) in [6.07, 6.45) is 1.39. The SMILES string of the molecule is CCS(=O)(=O)C1=NN2C(=N)/C(=C/c3ccc(OC(=O)c4ccccc4Cl)c(OC)c3)C(=O)N=C2S1. The Morgan fingerprint density at radius 1 is 1.23 bits per heavy atom. The minimum absolute atomic E-state index is 0.00332. The fourth-order valence-corrected chi connectivity index (χ4v) is 5.41. The topological polar surface area (TPSA) is 139 Å². The summed E-state index contributed by atoms with van der Waals surface area (Å²) in [6.45, 7) is 1.47. The minimum Gasteiger partial charge on any atom is -0.493 e. The first-order chi connectivity index (χ1) is 16.6. The lowest BCUT2D eigenvalue weighted by Crippen LogP contribution is -2.35. The van der Waals surface area contributed by atoms with Gasteiger partial charge in [-0.1, -0.05) is 36.7 Å². The van der Waals surface area contributed by atoms with E-state index in [1.54, 1.807) is 24.3 Å². The van der Waals surface area contributed by atoms with Gasteiger partial charge in [-0.05, 0) is 47.7 Å². The normalized spacial score (nSPS) is 16.7. The van der Waals surface area contributed by atoms with Crippen LogP contribution in [0, 0.1) is 5.41 Å². The lowest BCUT2D eigenvalue weighted by molar-refractivity contribution is -0.114. The van der Waals surface area contributed by atoms with Crippen molar-refractivity contribution in [2.75, 3.05) is 12.9 Å². The fraction of sp³-hybridized carbons (Fsp3) is 0.136. The Hall–Kier alpha value is -3.48. The van der Waals surface area contributed by atoms with Gasteiger partial charge in [0, 0.05) is 0 Å². The van der Waals surface area contributed by atoms with Crippen molar-refractivity contribution in [2.24, 2.45) is 10.1 Å². The number of hydrogen-bond donors (Lipinski definition) is 1. The number of nitrogens with one attached hydrogen (secondary N) is 1. The molecule has 13 heteroatoms. The number of fused-ring (bicyclic) bond motifs is 1. The molecule has 0 bridgehead atoms. The van der Waals surface area contributed by atoms with Crippen molar-refractivity contribution in [1.29, 1.82) is 5.41 Å². The number of carbonyl (C=O) groups excluding carboxylic acids is 2. The maximum Gasteiger partial charge on any atom is 0.345 e. The molecule has 0 aliphatic carbocycles. The summed E-state index contributed by atoms with van der Waals surface area (Å²) in [4.78, 5) is 29.0. The van der Waals surface area contributed by atoms with Crippen LogP contribution in [0.3, 0.4) is 0 Å². The molecular weight excluding hydrogens is 516 g/mol. The highest BCUT2D eigenvalue weighted by Gasteiger charge is 2.39. The summed E-state index contributed by atoms with van der Waals surface area (Å²) in [5.74, 6) is -1.55. The smallest absolute Gasteiger partial charge is 0.345 e. The van der Waals surface area contributed by atoms with Gasteiger partial charge in [0.25, 0.3) is 5.91 Å². The average Bonchev–Trinajstić information content (AvgIpc) is 3.28. The van der Waals surface area contributed by atoms with Gasteiger partial charge in [-0.25, -0.2) is 13.2 Å². The molecule has 1 N–H and O–H groups in total. The molecule has 1 amide bonds. The van der Waals surface area contributed by atoms with E-state index in [-0.39, 0.29) is 48.8 Å². The number of nitrogens with zero attached hydrogens (tertiary/aromatic N) is 3. The number of rotatable bonds is 5. The van der Waals surface area contributed by atoms with Gasteiger partial charge in [-0.15, -0.1) is 5.10 Å². The van der Waals surface area contributed by atoms with Crippen LogP contribution in [0.25, 0.3) is 6.08 Å². The third-order valence-corrected chi connectivity index (χ3v) is 8.30. The van der Waals surface area contributed by atoms with Gasteiger partial charge in [0.1, 0.15) is 0 Å². The lowest BCUT2D eigenvalue weighted by Gasteiger charge is -2.20. The van der Waals surface area contributed by atoms with E-state index in [0.29, 0.717) is 5.56 Å². The molecule has 2 aromatic carbocycles. The molecule has 0 atom stereocenters. The van der Waals surface area contributed by atoms with Gasteiger partial charge in [0.05, 0.1) is 29.0 Å². The van der Waals surface area contributed by atoms with Gasteiger partial charge in [-0.2, -0.15) is 10.0 Å². The maximum atomic E-state index is 12.6. The molecule has 4 rings (SSSR count). The van der Waals surface area contributed by atoms with E-state index in [0.717, 1.165) is 16.8 Å². The van der Waals surface area contributed by atoms with E-state index in [1.807, 2.05) is 0 Å². The van der Waals surface area contributed by atoms with Crippen molar-refractivity contribution in [3.05, 3.63) is 64.2 Å². The molecule has 180 valence electrons.